The Morgan fingerprint density at radius 1 is 1.16 bits per heavy atom. The Bertz CT molecular complexity index is 1370. The van der Waals surface area contributed by atoms with Gasteiger partial charge in [0.25, 0.3) is 0 Å². The molecule has 0 saturated carbocycles. The van der Waals surface area contributed by atoms with E-state index >= 15 is 0 Å². The van der Waals surface area contributed by atoms with Gasteiger partial charge in [-0.25, -0.2) is 4.79 Å². The minimum absolute atomic E-state index is 0.00962. The number of hydrogen-bond donors (Lipinski definition) is 4. The van der Waals surface area contributed by atoms with Gasteiger partial charge in [-0.1, -0.05) is 41.2 Å². The van der Waals surface area contributed by atoms with Gasteiger partial charge in [0.05, 0.1) is 11.2 Å². The van der Waals surface area contributed by atoms with Gasteiger partial charge in [0.1, 0.15) is 0 Å². The number of nitrogens with zero attached hydrogens (tertiary/aromatic N) is 2. The van der Waals surface area contributed by atoms with Crippen LogP contribution in [-0.2, 0) is 11.0 Å². The predicted octanol–water partition coefficient (Wildman–Crippen LogP) is 3.49. The minimum Gasteiger partial charge on any atom is -0.398 e. The van der Waals surface area contributed by atoms with E-state index in [1.54, 1.807) is 39.1 Å². The van der Waals surface area contributed by atoms with Crippen LogP contribution in [0.4, 0.5) is 24.5 Å². The average Bonchev–Trinajstić information content (AvgIpc) is 2.83. The second-order valence-corrected chi connectivity index (χ2v) is 9.86. The highest BCUT2D eigenvalue weighted by atomic mass is 32.1. The van der Waals surface area contributed by atoms with Crippen LogP contribution in [0.1, 0.15) is 36.4 Å². The average molecular weight is 551 g/mol. The van der Waals surface area contributed by atoms with Gasteiger partial charge in [-0.2, -0.15) is 13.2 Å². The number of nitrogens with two attached hydrogens (primary N) is 2. The molecule has 0 aliphatic rings. The molecule has 0 spiro atoms. The van der Waals surface area contributed by atoms with Crippen molar-refractivity contribution in [2.75, 3.05) is 25.1 Å². The quantitative estimate of drug-likeness (QED) is 0.155. The van der Waals surface area contributed by atoms with Crippen LogP contribution in [0.3, 0.4) is 0 Å². The number of nitrogen functional groups attached to an aromatic ring is 2. The van der Waals surface area contributed by atoms with Crippen LogP contribution in [-0.4, -0.2) is 36.9 Å². The lowest BCUT2D eigenvalue weighted by Gasteiger charge is -2.14. The van der Waals surface area contributed by atoms with Crippen molar-refractivity contribution >= 4 is 35.3 Å². The number of aromatic nitrogens is 1. The highest BCUT2D eigenvalue weighted by Crippen LogP contribution is 2.33. The van der Waals surface area contributed by atoms with Crippen molar-refractivity contribution in [2.24, 2.45) is 4.99 Å². The number of rotatable bonds is 7. The number of anilines is 2. The molecule has 2 aromatic carbocycles. The van der Waals surface area contributed by atoms with E-state index in [0.29, 0.717) is 45.4 Å². The molecule has 12 heteroatoms. The van der Waals surface area contributed by atoms with E-state index in [1.165, 1.54) is 18.3 Å². The van der Waals surface area contributed by atoms with Crippen molar-refractivity contribution in [1.29, 1.82) is 0 Å². The molecule has 3 aromatic rings. The molecule has 0 aliphatic carbocycles. The summed E-state index contributed by atoms with van der Waals surface area (Å²) in [5.74, 6) is 0. The molecule has 204 valence electrons. The van der Waals surface area contributed by atoms with Crippen LogP contribution < -0.4 is 26.9 Å². The van der Waals surface area contributed by atoms with Crippen LogP contribution in [0, 0.1) is 6.92 Å². The van der Waals surface area contributed by atoms with Crippen molar-refractivity contribution in [3.63, 3.8) is 0 Å². The number of carbonyl (C=O) groups is 1. The van der Waals surface area contributed by atoms with E-state index in [1.807, 2.05) is 13.0 Å². The molecule has 8 nitrogen and oxygen atoms in total. The van der Waals surface area contributed by atoms with Gasteiger partial charge in [-0.3, -0.25) is 9.79 Å². The Hall–Kier alpha value is -3.77. The summed E-state index contributed by atoms with van der Waals surface area (Å²) in [6.45, 7) is 5.44. The maximum atomic E-state index is 13.9. The second-order valence-electron chi connectivity index (χ2n) is 9.01. The van der Waals surface area contributed by atoms with Gasteiger partial charge in [-0.15, -0.1) is 4.57 Å². The van der Waals surface area contributed by atoms with Crippen LogP contribution in [0.5, 0.6) is 0 Å². The molecule has 0 fully saturated rings. The first-order valence-electron chi connectivity index (χ1n) is 11.4. The molecule has 1 amide bonds. The Balaban J connectivity index is 0.00000118. The normalized spacial score (nSPS) is 11.7. The monoisotopic (exact) mass is 550 g/mol. The zero-order valence-electron chi connectivity index (χ0n) is 21.5. The number of hydrogen-bond acceptors (Lipinski definition) is 7. The van der Waals surface area contributed by atoms with E-state index < -0.39 is 22.3 Å². The fourth-order valence-electron chi connectivity index (χ4n) is 3.32. The largest absolute Gasteiger partial charge is 0.489 e. The van der Waals surface area contributed by atoms with Gasteiger partial charge in [-0.05, 0) is 38.8 Å². The summed E-state index contributed by atoms with van der Waals surface area (Å²) in [4.78, 5) is 26.2. The molecule has 38 heavy (non-hydrogen) atoms. The zero-order valence-corrected chi connectivity index (χ0v) is 22.3. The molecule has 6 N–H and O–H groups in total. The molecule has 0 saturated heterocycles. The topological polar surface area (TPSA) is 135 Å². The first-order chi connectivity index (χ1) is 17.7. The third-order valence-electron chi connectivity index (χ3n) is 5.17. The minimum atomic E-state index is -4.79. The number of benzene rings is 2. The van der Waals surface area contributed by atoms with E-state index in [2.05, 4.69) is 10.3 Å². The van der Waals surface area contributed by atoms with Crippen molar-refractivity contribution in [2.45, 2.75) is 39.0 Å². The number of aryl methyl sites for hydroxylation is 1. The van der Waals surface area contributed by atoms with E-state index in [4.69, 9.17) is 16.3 Å². The molecular formula is C26H31F3N5O3S+. The van der Waals surface area contributed by atoms with Gasteiger partial charge in [0, 0.05) is 42.5 Å². The summed E-state index contributed by atoms with van der Waals surface area (Å²) < 4.78 is 42.3. The fraction of sp³-hybridized carbons (Fsp3) is 0.308. The van der Waals surface area contributed by atoms with E-state index in [0.717, 1.165) is 10.9 Å². The number of amides is 1. The Labute approximate surface area is 222 Å². The predicted molar refractivity (Wildman–Crippen MR) is 145 cm³/mol. The summed E-state index contributed by atoms with van der Waals surface area (Å²) in [6.07, 6.45) is -2.35. The van der Waals surface area contributed by atoms with Gasteiger partial charge < -0.3 is 21.9 Å². The number of carbonyl (C=O) groups excluding carboxylic acids is 1. The molecular weight excluding hydrogens is 519 g/mol. The molecule has 0 unspecified atom stereocenters. The highest BCUT2D eigenvalue weighted by Gasteiger charge is 2.45. The molecule has 1 heterocycles. The molecule has 0 atom stereocenters. The molecule has 1 aromatic heterocycles. The van der Waals surface area contributed by atoms with Crippen LogP contribution in [0.15, 0.2) is 51.6 Å². The maximum Gasteiger partial charge on any atom is 0.489 e. The Kier molecular flexibility index (Phi) is 10.1. The number of alkyl halides is 3. The molecule has 0 aliphatic heterocycles. The standard InChI is InChI=1S/C24H26F3N4O2S.C2H5NO/c1-14-5-4-6-15(9-14)17-11-18(28)16(12-30-8-7-23(2,3)33)10-20(17)31-21(32)19(29)13-34-22(31)24(25,26)27;1-3-2-4/h4-6,9-13,33H,7-8,28-29H2,1-3H3;2H,1H3,(H,3,4)/q+1;. The number of nitrogens with one attached hydrogen (secondary N) is 1. The van der Waals surface area contributed by atoms with Crippen molar-refractivity contribution in [3.05, 3.63) is 68.3 Å². The first kappa shape index (κ1) is 30.5. The lowest BCUT2D eigenvalue weighted by Crippen LogP contribution is -2.53. The SMILES string of the molecule is CNC=O.Cc1cccc(-c2cc(N)c(C=NCCC(C)(C)O)cc2-[n+]2c(C(F)(F)F)scc(N)c2=O)c1. The van der Waals surface area contributed by atoms with E-state index in [-0.39, 0.29) is 23.6 Å². The van der Waals surface area contributed by atoms with Crippen LogP contribution >= 0.6 is 11.3 Å². The summed E-state index contributed by atoms with van der Waals surface area (Å²) in [5, 5.41) is 12.0. The highest BCUT2D eigenvalue weighted by molar-refractivity contribution is 7.09. The number of halogens is 3. The maximum absolute atomic E-state index is 13.9. The lowest BCUT2D eigenvalue weighted by molar-refractivity contribution is -0.628. The molecule has 0 bridgehead atoms. The second kappa shape index (κ2) is 12.7. The van der Waals surface area contributed by atoms with Crippen LogP contribution in [0.2, 0.25) is 0 Å². The first-order valence-corrected chi connectivity index (χ1v) is 12.3. The van der Waals surface area contributed by atoms with Gasteiger partial charge in [0.2, 0.25) is 12.1 Å². The lowest BCUT2D eigenvalue weighted by atomic mass is 9.98. The summed E-state index contributed by atoms with van der Waals surface area (Å²) >= 11 is 0.343. The smallest absolute Gasteiger partial charge is 0.398 e. The number of aliphatic hydroxyl groups is 1. The van der Waals surface area contributed by atoms with Crippen molar-refractivity contribution in [3.8, 4) is 16.8 Å². The summed E-state index contributed by atoms with van der Waals surface area (Å²) in [5.41, 5.74) is 12.2. The molecule has 3 rings (SSSR count). The fourth-order valence-corrected chi connectivity index (χ4v) is 4.08. The number of aliphatic imine (C=N–C) groups is 1. The Morgan fingerprint density at radius 2 is 1.82 bits per heavy atom. The molecule has 0 radical (unpaired) electrons. The van der Waals surface area contributed by atoms with E-state index in [9.17, 15) is 23.1 Å². The van der Waals surface area contributed by atoms with Crippen LogP contribution in [0.25, 0.3) is 16.8 Å². The summed E-state index contributed by atoms with van der Waals surface area (Å²) in [7, 11) is 1.56. The van der Waals surface area contributed by atoms with Gasteiger partial charge in [0.15, 0.2) is 5.69 Å². The van der Waals surface area contributed by atoms with Crippen molar-refractivity contribution in [1.82, 2.24) is 5.32 Å². The third-order valence-corrected chi connectivity index (χ3v) is 6.17. The van der Waals surface area contributed by atoms with Crippen molar-refractivity contribution < 1.29 is 27.6 Å². The third kappa shape index (κ3) is 8.12. The Morgan fingerprint density at radius 3 is 2.37 bits per heavy atom. The van der Waals surface area contributed by atoms with Gasteiger partial charge >= 0.3 is 16.7 Å². The summed E-state index contributed by atoms with van der Waals surface area (Å²) in [6, 6.07) is 10.1. The zero-order chi connectivity index (χ0) is 28.7.